The number of aryl methyl sites for hydroxylation is 1. The van der Waals surface area contributed by atoms with Crippen molar-refractivity contribution in [3.05, 3.63) is 29.3 Å². The maximum Gasteiger partial charge on any atom is 0.121 e. The minimum atomic E-state index is -0.773. The lowest BCUT2D eigenvalue weighted by atomic mass is 10.1. The van der Waals surface area contributed by atoms with Crippen LogP contribution in [0.2, 0.25) is 0 Å². The van der Waals surface area contributed by atoms with Gasteiger partial charge in [-0.2, -0.15) is 0 Å². The Hall–Kier alpha value is -1.06. The van der Waals surface area contributed by atoms with Crippen molar-refractivity contribution in [2.45, 2.75) is 13.0 Å². The number of aliphatic hydroxyl groups is 1. The van der Waals surface area contributed by atoms with Crippen molar-refractivity contribution in [2.75, 3.05) is 6.54 Å². The Morgan fingerprint density at radius 1 is 1.50 bits per heavy atom. The molecule has 0 radical (unpaired) electrons. The number of benzene rings is 1. The van der Waals surface area contributed by atoms with E-state index < -0.39 is 6.10 Å². The summed E-state index contributed by atoms with van der Waals surface area (Å²) in [5.41, 5.74) is 6.76. The van der Waals surface area contributed by atoms with Crippen LogP contribution in [0.1, 0.15) is 17.2 Å². The van der Waals surface area contributed by atoms with Gasteiger partial charge in [-0.25, -0.2) is 0 Å². The summed E-state index contributed by atoms with van der Waals surface area (Å²) >= 11 is 0. The average Bonchev–Trinajstić information content (AvgIpc) is 2.08. The molecule has 3 heteroatoms. The van der Waals surface area contributed by atoms with Gasteiger partial charge in [-0.3, -0.25) is 0 Å². The lowest BCUT2D eigenvalue weighted by molar-refractivity contribution is 0.182. The smallest absolute Gasteiger partial charge is 0.121 e. The number of hydrogen-bond donors (Lipinski definition) is 3. The molecule has 1 aromatic rings. The van der Waals surface area contributed by atoms with Crippen LogP contribution >= 0.6 is 0 Å². The highest BCUT2D eigenvalue weighted by molar-refractivity contribution is 5.37. The Morgan fingerprint density at radius 3 is 2.75 bits per heavy atom. The molecule has 0 amide bonds. The molecule has 1 atom stereocenters. The Kier molecular flexibility index (Phi) is 2.68. The number of phenols is 1. The second kappa shape index (κ2) is 3.56. The van der Waals surface area contributed by atoms with Gasteiger partial charge in [0, 0.05) is 12.1 Å². The van der Waals surface area contributed by atoms with Crippen molar-refractivity contribution in [2.24, 2.45) is 5.73 Å². The van der Waals surface area contributed by atoms with E-state index in [1.165, 1.54) is 0 Å². The summed E-state index contributed by atoms with van der Waals surface area (Å²) in [5.74, 6) is 0.0959. The summed E-state index contributed by atoms with van der Waals surface area (Å²) in [4.78, 5) is 0. The summed E-state index contributed by atoms with van der Waals surface area (Å²) in [6.45, 7) is 2.02. The van der Waals surface area contributed by atoms with Crippen molar-refractivity contribution >= 4 is 0 Å². The fourth-order valence-corrected chi connectivity index (χ4v) is 1.07. The van der Waals surface area contributed by atoms with Crippen molar-refractivity contribution < 1.29 is 10.2 Å². The fraction of sp³-hybridized carbons (Fsp3) is 0.333. The first kappa shape index (κ1) is 9.03. The SMILES string of the molecule is Cc1ccc(O)c(C(O)CN)c1. The molecule has 4 N–H and O–H groups in total. The van der Waals surface area contributed by atoms with Gasteiger partial charge in [0.2, 0.25) is 0 Å². The van der Waals surface area contributed by atoms with Crippen LogP contribution in [0.4, 0.5) is 0 Å². The summed E-state index contributed by atoms with van der Waals surface area (Å²) in [5, 5.41) is 18.7. The van der Waals surface area contributed by atoms with Crippen molar-refractivity contribution in [3.63, 3.8) is 0 Å². The predicted octanol–water partition coefficient (Wildman–Crippen LogP) is 0.693. The average molecular weight is 167 g/mol. The number of hydrogen-bond acceptors (Lipinski definition) is 3. The first-order chi connectivity index (χ1) is 5.65. The molecule has 66 valence electrons. The monoisotopic (exact) mass is 167 g/mol. The van der Waals surface area contributed by atoms with Gasteiger partial charge >= 0.3 is 0 Å². The molecule has 3 nitrogen and oxygen atoms in total. The van der Waals surface area contributed by atoms with Gasteiger partial charge in [0.1, 0.15) is 5.75 Å². The minimum Gasteiger partial charge on any atom is -0.508 e. The van der Waals surface area contributed by atoms with Gasteiger partial charge in [0.25, 0.3) is 0 Å². The third kappa shape index (κ3) is 1.75. The molecule has 0 bridgehead atoms. The van der Waals surface area contributed by atoms with Crippen molar-refractivity contribution in [3.8, 4) is 5.75 Å². The second-order valence-electron chi connectivity index (χ2n) is 2.81. The van der Waals surface area contributed by atoms with Gasteiger partial charge in [-0.05, 0) is 19.1 Å². The van der Waals surface area contributed by atoms with Gasteiger partial charge < -0.3 is 15.9 Å². The molecule has 0 aliphatic rings. The largest absolute Gasteiger partial charge is 0.508 e. The maximum atomic E-state index is 9.35. The Balaban J connectivity index is 3.04. The van der Waals surface area contributed by atoms with Gasteiger partial charge in [-0.15, -0.1) is 0 Å². The van der Waals surface area contributed by atoms with E-state index in [-0.39, 0.29) is 12.3 Å². The molecular formula is C9H13NO2. The molecule has 0 saturated heterocycles. The third-order valence-electron chi connectivity index (χ3n) is 1.77. The van der Waals surface area contributed by atoms with Crippen LogP contribution in [0, 0.1) is 6.92 Å². The zero-order chi connectivity index (χ0) is 9.14. The topological polar surface area (TPSA) is 66.5 Å². The number of aliphatic hydroxyl groups excluding tert-OH is 1. The molecule has 1 aromatic carbocycles. The maximum absolute atomic E-state index is 9.35. The van der Waals surface area contributed by atoms with E-state index in [4.69, 9.17) is 5.73 Å². The lowest BCUT2D eigenvalue weighted by Gasteiger charge is -2.10. The van der Waals surface area contributed by atoms with Gasteiger partial charge in [-0.1, -0.05) is 11.6 Å². The number of nitrogens with two attached hydrogens (primary N) is 1. The van der Waals surface area contributed by atoms with Crippen LogP contribution in [-0.4, -0.2) is 16.8 Å². The molecule has 12 heavy (non-hydrogen) atoms. The van der Waals surface area contributed by atoms with Crippen molar-refractivity contribution in [1.82, 2.24) is 0 Å². The van der Waals surface area contributed by atoms with E-state index in [0.717, 1.165) is 5.56 Å². The minimum absolute atomic E-state index is 0.0959. The van der Waals surface area contributed by atoms with E-state index in [1.807, 2.05) is 6.92 Å². The Labute approximate surface area is 71.5 Å². The molecule has 0 aliphatic heterocycles. The van der Waals surface area contributed by atoms with E-state index >= 15 is 0 Å². The van der Waals surface area contributed by atoms with Gasteiger partial charge in [0.15, 0.2) is 0 Å². The molecule has 0 aromatic heterocycles. The number of rotatable bonds is 2. The first-order valence-corrected chi connectivity index (χ1v) is 3.83. The zero-order valence-electron chi connectivity index (χ0n) is 6.99. The Bertz CT molecular complexity index is 273. The first-order valence-electron chi connectivity index (χ1n) is 3.83. The molecule has 0 saturated carbocycles. The standard InChI is InChI=1S/C9H13NO2/c1-6-2-3-8(11)7(4-6)9(12)5-10/h2-4,9,11-12H,5,10H2,1H3. The van der Waals surface area contributed by atoms with Crippen LogP contribution in [-0.2, 0) is 0 Å². The molecule has 0 aliphatic carbocycles. The lowest BCUT2D eigenvalue weighted by Crippen LogP contribution is -2.11. The second-order valence-corrected chi connectivity index (χ2v) is 2.81. The van der Waals surface area contributed by atoms with Crippen LogP contribution < -0.4 is 5.73 Å². The van der Waals surface area contributed by atoms with Crippen LogP contribution in [0.15, 0.2) is 18.2 Å². The molecule has 0 spiro atoms. The van der Waals surface area contributed by atoms with Gasteiger partial charge in [0.05, 0.1) is 6.10 Å². The summed E-state index contributed by atoms with van der Waals surface area (Å²) in [6, 6.07) is 5.07. The van der Waals surface area contributed by atoms with E-state index in [1.54, 1.807) is 18.2 Å². The summed E-state index contributed by atoms with van der Waals surface area (Å²) in [7, 11) is 0. The van der Waals surface area contributed by atoms with Crippen molar-refractivity contribution in [1.29, 1.82) is 0 Å². The molecule has 1 unspecified atom stereocenters. The normalized spacial score (nSPS) is 12.9. The van der Waals surface area contributed by atoms with E-state index in [2.05, 4.69) is 0 Å². The Morgan fingerprint density at radius 2 is 2.17 bits per heavy atom. The quantitative estimate of drug-likeness (QED) is 0.607. The fourth-order valence-electron chi connectivity index (χ4n) is 1.07. The van der Waals surface area contributed by atoms with E-state index in [9.17, 15) is 10.2 Å². The predicted molar refractivity (Wildman–Crippen MR) is 46.9 cm³/mol. The molecular weight excluding hydrogens is 154 g/mol. The highest BCUT2D eigenvalue weighted by Gasteiger charge is 2.09. The van der Waals surface area contributed by atoms with Crippen LogP contribution in [0.25, 0.3) is 0 Å². The highest BCUT2D eigenvalue weighted by atomic mass is 16.3. The number of phenolic OH excluding ortho intramolecular Hbond substituents is 1. The zero-order valence-corrected chi connectivity index (χ0v) is 6.99. The molecule has 0 fully saturated rings. The summed E-state index contributed by atoms with van der Waals surface area (Å²) in [6.07, 6.45) is -0.773. The summed E-state index contributed by atoms with van der Waals surface area (Å²) < 4.78 is 0. The molecule has 1 rings (SSSR count). The highest BCUT2D eigenvalue weighted by Crippen LogP contribution is 2.24. The molecule has 0 heterocycles. The number of aromatic hydroxyl groups is 1. The third-order valence-corrected chi connectivity index (χ3v) is 1.77. The van der Waals surface area contributed by atoms with Crippen LogP contribution in [0.5, 0.6) is 5.75 Å². The van der Waals surface area contributed by atoms with Crippen LogP contribution in [0.3, 0.4) is 0 Å². The van der Waals surface area contributed by atoms with E-state index in [0.29, 0.717) is 5.56 Å².